The van der Waals surface area contributed by atoms with Crippen molar-refractivity contribution in [2.45, 2.75) is 13.0 Å². The highest BCUT2D eigenvalue weighted by Gasteiger charge is 2.24. The van der Waals surface area contributed by atoms with Crippen LogP contribution in [-0.4, -0.2) is 21.8 Å². The first-order valence-corrected chi connectivity index (χ1v) is 8.80. The highest BCUT2D eigenvalue weighted by molar-refractivity contribution is 6.39. The molecular weight excluding hydrogens is 355 g/mol. The van der Waals surface area contributed by atoms with Crippen LogP contribution in [0.4, 0.5) is 0 Å². The first-order chi connectivity index (χ1) is 12.2. The summed E-state index contributed by atoms with van der Waals surface area (Å²) in [6.45, 7) is 1.01. The molecule has 0 radical (unpaired) electrons. The van der Waals surface area contributed by atoms with E-state index < -0.39 is 0 Å². The molecule has 0 atom stereocenters. The van der Waals surface area contributed by atoms with E-state index >= 15 is 0 Å². The molecule has 0 spiro atoms. The van der Waals surface area contributed by atoms with Gasteiger partial charge in [-0.1, -0.05) is 47.5 Å². The van der Waals surface area contributed by atoms with Gasteiger partial charge in [0.05, 0.1) is 23.0 Å². The maximum atomic E-state index is 6.59. The summed E-state index contributed by atoms with van der Waals surface area (Å²) in [4.78, 5) is 9.34. The van der Waals surface area contributed by atoms with Crippen LogP contribution in [0.2, 0.25) is 10.0 Å². The molecule has 0 saturated carbocycles. The highest BCUT2D eigenvalue weighted by Crippen LogP contribution is 2.33. The molecule has 1 aliphatic heterocycles. The van der Waals surface area contributed by atoms with Crippen LogP contribution in [0.3, 0.4) is 0 Å². The molecule has 6 heteroatoms. The van der Waals surface area contributed by atoms with Gasteiger partial charge in [-0.15, -0.1) is 0 Å². The normalized spacial score (nSPS) is 13.0. The second-order valence-corrected chi connectivity index (χ2v) is 6.63. The van der Waals surface area contributed by atoms with Gasteiger partial charge in [0.15, 0.2) is 0 Å². The Hall–Kier alpha value is -2.14. The van der Waals surface area contributed by atoms with Crippen LogP contribution < -0.4 is 5.73 Å². The van der Waals surface area contributed by atoms with Gasteiger partial charge in [0.2, 0.25) is 0 Å². The maximum Gasteiger partial charge on any atom is 0.135 e. The molecule has 1 aromatic heterocycles. The minimum Gasteiger partial charge on any atom is -0.330 e. The number of nitrogens with two attached hydrogens (primary N) is 1. The van der Waals surface area contributed by atoms with E-state index in [2.05, 4.69) is 9.55 Å². The van der Waals surface area contributed by atoms with Crippen LogP contribution in [0.1, 0.15) is 22.6 Å². The SMILES string of the molecule is NCCc1cnc2n1-c1cccc(Cl)c1C(c1ccccc1Cl)=NC2. The third-order valence-corrected chi connectivity index (χ3v) is 4.93. The Morgan fingerprint density at radius 1 is 1.04 bits per heavy atom. The van der Waals surface area contributed by atoms with Crippen LogP contribution in [0, 0.1) is 0 Å². The van der Waals surface area contributed by atoms with Gasteiger partial charge in [-0.3, -0.25) is 9.56 Å². The quantitative estimate of drug-likeness (QED) is 0.756. The number of rotatable bonds is 3. The zero-order chi connectivity index (χ0) is 17.4. The van der Waals surface area contributed by atoms with Crippen molar-refractivity contribution < 1.29 is 0 Å². The fourth-order valence-electron chi connectivity index (χ4n) is 3.20. The molecule has 2 heterocycles. The molecular formula is C19H16Cl2N4. The second-order valence-electron chi connectivity index (χ2n) is 5.82. The first-order valence-electron chi connectivity index (χ1n) is 8.05. The van der Waals surface area contributed by atoms with E-state index in [0.717, 1.165) is 40.5 Å². The standard InChI is InChI=1S/C19H16Cl2N4/c20-14-5-2-1-4-13(14)19-18-15(21)6-3-7-16(18)25-12(8-9-22)10-23-17(25)11-24-19/h1-7,10H,8-9,11,22H2. The minimum absolute atomic E-state index is 0.455. The van der Waals surface area contributed by atoms with Gasteiger partial charge in [0, 0.05) is 34.5 Å². The van der Waals surface area contributed by atoms with Crippen molar-refractivity contribution in [1.82, 2.24) is 9.55 Å². The maximum absolute atomic E-state index is 6.59. The first kappa shape index (κ1) is 16.3. The van der Waals surface area contributed by atoms with Crippen molar-refractivity contribution in [2.75, 3.05) is 6.54 Å². The van der Waals surface area contributed by atoms with Crippen molar-refractivity contribution in [2.24, 2.45) is 10.7 Å². The Bertz CT molecular complexity index is 975. The van der Waals surface area contributed by atoms with Gasteiger partial charge in [0.1, 0.15) is 5.82 Å². The average Bonchev–Trinajstić information content (AvgIpc) is 2.92. The molecule has 1 aliphatic rings. The van der Waals surface area contributed by atoms with Crippen LogP contribution >= 0.6 is 23.2 Å². The van der Waals surface area contributed by atoms with E-state index in [9.17, 15) is 0 Å². The van der Waals surface area contributed by atoms with Crippen molar-refractivity contribution >= 4 is 28.9 Å². The third kappa shape index (κ3) is 2.76. The lowest BCUT2D eigenvalue weighted by Gasteiger charge is -2.16. The molecule has 0 saturated heterocycles. The molecule has 2 aromatic carbocycles. The summed E-state index contributed by atoms with van der Waals surface area (Å²) in [5, 5.41) is 1.28. The van der Waals surface area contributed by atoms with E-state index in [1.165, 1.54) is 0 Å². The zero-order valence-corrected chi connectivity index (χ0v) is 14.9. The highest BCUT2D eigenvalue weighted by atomic mass is 35.5. The lowest BCUT2D eigenvalue weighted by atomic mass is 10.00. The molecule has 0 fully saturated rings. The number of hydrogen-bond donors (Lipinski definition) is 1. The Kier molecular flexibility index (Phi) is 4.34. The number of fused-ring (bicyclic) bond motifs is 3. The summed E-state index contributed by atoms with van der Waals surface area (Å²) in [5.74, 6) is 0.869. The molecule has 3 aromatic rings. The lowest BCUT2D eigenvalue weighted by Crippen LogP contribution is -2.12. The Balaban J connectivity index is 2.00. The molecule has 4 rings (SSSR count). The summed E-state index contributed by atoms with van der Waals surface area (Å²) in [6.07, 6.45) is 2.60. The smallest absolute Gasteiger partial charge is 0.135 e. The number of aromatic nitrogens is 2. The number of hydrogen-bond acceptors (Lipinski definition) is 3. The van der Waals surface area contributed by atoms with Gasteiger partial charge >= 0.3 is 0 Å². The van der Waals surface area contributed by atoms with Gasteiger partial charge in [-0.25, -0.2) is 4.98 Å². The van der Waals surface area contributed by atoms with Crippen LogP contribution in [0.5, 0.6) is 0 Å². The van der Waals surface area contributed by atoms with Gasteiger partial charge in [-0.2, -0.15) is 0 Å². The van der Waals surface area contributed by atoms with Crippen molar-refractivity contribution in [1.29, 1.82) is 0 Å². The summed E-state index contributed by atoms with van der Waals surface area (Å²) < 4.78 is 2.11. The molecule has 25 heavy (non-hydrogen) atoms. The summed E-state index contributed by atoms with van der Waals surface area (Å²) >= 11 is 13.0. The summed E-state index contributed by atoms with van der Waals surface area (Å²) in [6, 6.07) is 13.5. The van der Waals surface area contributed by atoms with E-state index in [0.29, 0.717) is 23.1 Å². The van der Waals surface area contributed by atoms with Crippen molar-refractivity contribution in [3.8, 4) is 5.69 Å². The van der Waals surface area contributed by atoms with E-state index in [1.807, 2.05) is 48.7 Å². The number of aliphatic imine (C=N–C) groups is 1. The monoisotopic (exact) mass is 370 g/mol. The van der Waals surface area contributed by atoms with Gasteiger partial charge in [-0.05, 0) is 24.7 Å². The average molecular weight is 371 g/mol. The summed E-state index contributed by atoms with van der Waals surface area (Å²) in [5.41, 5.74) is 10.3. The zero-order valence-electron chi connectivity index (χ0n) is 13.4. The Morgan fingerprint density at radius 3 is 2.64 bits per heavy atom. The number of benzene rings is 2. The molecule has 0 bridgehead atoms. The molecule has 4 nitrogen and oxygen atoms in total. The molecule has 0 amide bonds. The van der Waals surface area contributed by atoms with Crippen LogP contribution in [-0.2, 0) is 13.0 Å². The predicted octanol–water partition coefficient (Wildman–Crippen LogP) is 4.03. The molecule has 126 valence electrons. The number of imidazole rings is 1. The molecule has 2 N–H and O–H groups in total. The van der Waals surface area contributed by atoms with Gasteiger partial charge < -0.3 is 5.73 Å². The largest absolute Gasteiger partial charge is 0.330 e. The lowest BCUT2D eigenvalue weighted by molar-refractivity contribution is 0.820. The number of nitrogens with zero attached hydrogens (tertiary/aromatic N) is 3. The van der Waals surface area contributed by atoms with Crippen molar-refractivity contribution in [3.63, 3.8) is 0 Å². The Labute approximate surface area is 155 Å². The second kappa shape index (κ2) is 6.64. The number of halogens is 2. The molecule has 0 aliphatic carbocycles. The van der Waals surface area contributed by atoms with E-state index in [1.54, 1.807) is 0 Å². The summed E-state index contributed by atoms with van der Waals surface area (Å²) in [7, 11) is 0. The predicted molar refractivity (Wildman–Crippen MR) is 102 cm³/mol. The minimum atomic E-state index is 0.455. The fraction of sp³-hybridized carbons (Fsp3) is 0.158. The Morgan fingerprint density at radius 2 is 1.84 bits per heavy atom. The van der Waals surface area contributed by atoms with E-state index in [-0.39, 0.29) is 0 Å². The van der Waals surface area contributed by atoms with Crippen LogP contribution in [0.15, 0.2) is 53.7 Å². The topological polar surface area (TPSA) is 56.2 Å². The fourth-order valence-corrected chi connectivity index (χ4v) is 3.68. The van der Waals surface area contributed by atoms with Gasteiger partial charge in [0.25, 0.3) is 0 Å². The van der Waals surface area contributed by atoms with Crippen LogP contribution in [0.25, 0.3) is 5.69 Å². The molecule has 0 unspecified atom stereocenters. The van der Waals surface area contributed by atoms with E-state index in [4.69, 9.17) is 33.9 Å². The van der Waals surface area contributed by atoms with Crippen molar-refractivity contribution in [3.05, 3.63) is 81.4 Å². The third-order valence-electron chi connectivity index (χ3n) is 4.29.